The largest absolute Gasteiger partial charge is 0.481 e. The molecule has 2 atom stereocenters. The predicted molar refractivity (Wildman–Crippen MR) is 37.8 cm³/mol. The van der Waals surface area contributed by atoms with Crippen LogP contribution in [-0.2, 0) is 4.79 Å². The van der Waals surface area contributed by atoms with Crippen LogP contribution in [0.15, 0.2) is 0 Å². The average molecular weight is 143 g/mol. The van der Waals surface area contributed by atoms with Gasteiger partial charge in [-0.15, -0.1) is 0 Å². The lowest BCUT2D eigenvalue weighted by molar-refractivity contribution is -0.146. The van der Waals surface area contributed by atoms with Gasteiger partial charge in [-0.3, -0.25) is 4.79 Å². The van der Waals surface area contributed by atoms with Gasteiger partial charge >= 0.3 is 5.97 Å². The monoisotopic (exact) mass is 143 g/mol. The first-order valence-corrected chi connectivity index (χ1v) is 3.59. The van der Waals surface area contributed by atoms with Gasteiger partial charge in [0.1, 0.15) is 0 Å². The Labute approximate surface area is 60.4 Å². The first-order valence-electron chi connectivity index (χ1n) is 3.59. The van der Waals surface area contributed by atoms with Crippen molar-refractivity contribution < 1.29 is 9.90 Å². The maximum Gasteiger partial charge on any atom is 0.309 e. The van der Waals surface area contributed by atoms with Crippen LogP contribution >= 0.6 is 0 Å². The zero-order valence-corrected chi connectivity index (χ0v) is 6.29. The Morgan fingerprint density at radius 3 is 2.40 bits per heavy atom. The normalized spacial score (nSPS) is 31.9. The van der Waals surface area contributed by atoms with E-state index in [0.29, 0.717) is 12.5 Å². The standard InChI is InChI=1S/C7H13NO2/c1-4(2)6-5(3-8-6)7(9)10/h4-6,8H,3H2,1-2H3,(H,9,10). The lowest BCUT2D eigenvalue weighted by Gasteiger charge is -2.37. The lowest BCUT2D eigenvalue weighted by atomic mass is 9.84. The molecule has 10 heavy (non-hydrogen) atoms. The summed E-state index contributed by atoms with van der Waals surface area (Å²) in [5.41, 5.74) is 0. The van der Waals surface area contributed by atoms with Gasteiger partial charge in [0.15, 0.2) is 0 Å². The summed E-state index contributed by atoms with van der Waals surface area (Å²) in [6.45, 7) is 4.71. The van der Waals surface area contributed by atoms with Crippen LogP contribution < -0.4 is 5.32 Å². The minimum absolute atomic E-state index is 0.153. The Hall–Kier alpha value is -0.570. The summed E-state index contributed by atoms with van der Waals surface area (Å²) in [5, 5.41) is 11.7. The van der Waals surface area contributed by atoms with Gasteiger partial charge in [-0.2, -0.15) is 0 Å². The number of carboxylic acid groups (broad SMARTS) is 1. The fourth-order valence-corrected chi connectivity index (χ4v) is 1.31. The van der Waals surface area contributed by atoms with Crippen molar-refractivity contribution in [2.24, 2.45) is 11.8 Å². The molecule has 1 heterocycles. The van der Waals surface area contributed by atoms with E-state index in [0.717, 1.165) is 0 Å². The third-order valence-electron chi connectivity index (χ3n) is 2.04. The predicted octanol–water partition coefficient (Wildman–Crippen LogP) is 0.315. The van der Waals surface area contributed by atoms with Crippen LogP contribution in [0.2, 0.25) is 0 Å². The topological polar surface area (TPSA) is 49.3 Å². The van der Waals surface area contributed by atoms with Gasteiger partial charge in [0, 0.05) is 12.6 Å². The summed E-state index contributed by atoms with van der Waals surface area (Å²) in [6.07, 6.45) is 0. The molecule has 1 rings (SSSR count). The van der Waals surface area contributed by atoms with E-state index in [1.54, 1.807) is 0 Å². The minimum atomic E-state index is -0.669. The second kappa shape index (κ2) is 2.58. The van der Waals surface area contributed by atoms with Gasteiger partial charge in [-0.1, -0.05) is 13.8 Å². The van der Waals surface area contributed by atoms with Crippen LogP contribution in [0.5, 0.6) is 0 Å². The quantitative estimate of drug-likeness (QED) is 0.585. The number of hydrogen-bond donors (Lipinski definition) is 2. The van der Waals surface area contributed by atoms with Crippen molar-refractivity contribution in [2.45, 2.75) is 19.9 Å². The first-order chi connectivity index (χ1) is 4.63. The van der Waals surface area contributed by atoms with Crippen molar-refractivity contribution in [3.05, 3.63) is 0 Å². The van der Waals surface area contributed by atoms with Gasteiger partial charge in [-0.25, -0.2) is 0 Å². The molecule has 1 aliphatic heterocycles. The van der Waals surface area contributed by atoms with Crippen LogP contribution in [0.4, 0.5) is 0 Å². The molecule has 3 heteroatoms. The summed E-state index contributed by atoms with van der Waals surface area (Å²) in [4.78, 5) is 10.5. The van der Waals surface area contributed by atoms with Crippen molar-refractivity contribution in [3.63, 3.8) is 0 Å². The Kier molecular flexibility index (Phi) is 1.94. The fraction of sp³-hybridized carbons (Fsp3) is 0.857. The minimum Gasteiger partial charge on any atom is -0.481 e. The molecule has 2 N–H and O–H groups in total. The molecule has 0 bridgehead atoms. The van der Waals surface area contributed by atoms with Crippen molar-refractivity contribution in [1.29, 1.82) is 0 Å². The Balaban J connectivity index is 2.43. The maximum absolute atomic E-state index is 10.5. The van der Waals surface area contributed by atoms with E-state index >= 15 is 0 Å². The molecule has 1 fully saturated rings. The van der Waals surface area contributed by atoms with Crippen molar-refractivity contribution in [3.8, 4) is 0 Å². The fourth-order valence-electron chi connectivity index (χ4n) is 1.31. The molecule has 0 aliphatic carbocycles. The van der Waals surface area contributed by atoms with Crippen LogP contribution in [0, 0.1) is 11.8 Å². The molecule has 58 valence electrons. The first kappa shape index (κ1) is 7.54. The number of nitrogens with one attached hydrogen (secondary N) is 1. The lowest BCUT2D eigenvalue weighted by Crippen LogP contribution is -2.58. The molecule has 0 amide bonds. The van der Waals surface area contributed by atoms with E-state index in [-0.39, 0.29) is 12.0 Å². The van der Waals surface area contributed by atoms with E-state index in [4.69, 9.17) is 5.11 Å². The van der Waals surface area contributed by atoms with Crippen LogP contribution in [0.3, 0.4) is 0 Å². The van der Waals surface area contributed by atoms with E-state index in [9.17, 15) is 4.79 Å². The molecule has 0 aromatic carbocycles. The zero-order valence-electron chi connectivity index (χ0n) is 6.29. The smallest absolute Gasteiger partial charge is 0.309 e. The summed E-state index contributed by atoms with van der Waals surface area (Å²) in [7, 11) is 0. The molecular weight excluding hydrogens is 130 g/mol. The van der Waals surface area contributed by atoms with Crippen LogP contribution in [-0.4, -0.2) is 23.7 Å². The molecule has 0 radical (unpaired) electrons. The number of hydrogen-bond acceptors (Lipinski definition) is 2. The molecule has 1 saturated heterocycles. The van der Waals surface area contributed by atoms with Crippen molar-refractivity contribution >= 4 is 5.97 Å². The Morgan fingerprint density at radius 2 is 2.30 bits per heavy atom. The Bertz CT molecular complexity index is 145. The second-order valence-electron chi connectivity index (χ2n) is 3.12. The summed E-state index contributed by atoms with van der Waals surface area (Å²) in [5.74, 6) is -0.396. The molecule has 0 spiro atoms. The highest BCUT2D eigenvalue weighted by molar-refractivity contribution is 5.72. The van der Waals surface area contributed by atoms with Crippen LogP contribution in [0.1, 0.15) is 13.8 Å². The van der Waals surface area contributed by atoms with E-state index < -0.39 is 5.97 Å². The SMILES string of the molecule is CC(C)C1NCC1C(=O)O. The van der Waals surface area contributed by atoms with Crippen molar-refractivity contribution in [2.75, 3.05) is 6.54 Å². The summed E-state index contributed by atoms with van der Waals surface area (Å²) < 4.78 is 0. The average Bonchev–Trinajstić information content (AvgIpc) is 1.56. The van der Waals surface area contributed by atoms with Crippen molar-refractivity contribution in [1.82, 2.24) is 5.32 Å². The van der Waals surface area contributed by atoms with E-state index in [1.807, 2.05) is 13.8 Å². The molecule has 3 nitrogen and oxygen atoms in total. The molecular formula is C7H13NO2. The van der Waals surface area contributed by atoms with Gasteiger partial charge in [0.2, 0.25) is 0 Å². The highest BCUT2D eigenvalue weighted by Gasteiger charge is 2.37. The van der Waals surface area contributed by atoms with Gasteiger partial charge in [0.05, 0.1) is 5.92 Å². The van der Waals surface area contributed by atoms with Gasteiger partial charge in [0.25, 0.3) is 0 Å². The third-order valence-corrected chi connectivity index (χ3v) is 2.04. The molecule has 2 unspecified atom stereocenters. The van der Waals surface area contributed by atoms with Gasteiger partial charge in [-0.05, 0) is 5.92 Å². The maximum atomic E-state index is 10.5. The summed E-state index contributed by atoms with van der Waals surface area (Å²) in [6, 6.07) is 0.192. The zero-order chi connectivity index (χ0) is 7.72. The Morgan fingerprint density at radius 1 is 1.70 bits per heavy atom. The second-order valence-corrected chi connectivity index (χ2v) is 3.12. The third kappa shape index (κ3) is 1.14. The molecule has 0 saturated carbocycles. The number of rotatable bonds is 2. The molecule has 1 aliphatic rings. The highest BCUT2D eigenvalue weighted by atomic mass is 16.4. The van der Waals surface area contributed by atoms with Gasteiger partial charge < -0.3 is 10.4 Å². The summed E-state index contributed by atoms with van der Waals surface area (Å²) >= 11 is 0. The number of aliphatic carboxylic acids is 1. The highest BCUT2D eigenvalue weighted by Crippen LogP contribution is 2.20. The van der Waals surface area contributed by atoms with E-state index in [1.165, 1.54) is 0 Å². The number of carbonyl (C=O) groups is 1. The van der Waals surface area contributed by atoms with Crippen LogP contribution in [0.25, 0.3) is 0 Å². The number of carboxylic acids is 1. The molecule has 0 aromatic heterocycles. The molecule has 0 aromatic rings. The van der Waals surface area contributed by atoms with E-state index in [2.05, 4.69) is 5.32 Å².